The average Bonchev–Trinajstić information content (AvgIpc) is 2.46. The molecule has 0 radical (unpaired) electrons. The first-order chi connectivity index (χ1) is 10.0. The number of hydrogen-bond acceptors (Lipinski definition) is 3. The molecule has 4 heteroatoms. The van der Waals surface area contributed by atoms with Crippen LogP contribution < -0.4 is 15.4 Å². The van der Waals surface area contributed by atoms with Crippen LogP contribution in [0.1, 0.15) is 16.7 Å². The number of para-hydroxylation sites is 1. The van der Waals surface area contributed by atoms with E-state index in [1.165, 1.54) is 5.56 Å². The van der Waals surface area contributed by atoms with E-state index in [0.29, 0.717) is 4.99 Å². The van der Waals surface area contributed by atoms with E-state index in [1.54, 1.807) is 7.11 Å². The molecule has 2 rings (SSSR count). The van der Waals surface area contributed by atoms with Crippen molar-refractivity contribution >= 4 is 22.9 Å². The molecule has 0 saturated carbocycles. The largest absolute Gasteiger partial charge is 0.497 e. The second-order valence-electron chi connectivity index (χ2n) is 5.04. The first-order valence-electron chi connectivity index (χ1n) is 6.76. The van der Waals surface area contributed by atoms with Crippen LogP contribution in [0.5, 0.6) is 5.75 Å². The topological polar surface area (TPSA) is 38.5 Å². The molecule has 2 aromatic rings. The molecule has 0 aliphatic rings. The first-order valence-corrected chi connectivity index (χ1v) is 7.17. The van der Waals surface area contributed by atoms with Gasteiger partial charge in [-0.3, -0.25) is 0 Å². The predicted octanol–water partition coefficient (Wildman–Crippen LogP) is 3.27. The van der Waals surface area contributed by atoms with Crippen LogP contribution in [0.3, 0.4) is 0 Å². The van der Waals surface area contributed by atoms with Crippen molar-refractivity contribution in [1.82, 2.24) is 0 Å². The van der Waals surface area contributed by atoms with Gasteiger partial charge >= 0.3 is 0 Å². The van der Waals surface area contributed by atoms with E-state index in [-0.39, 0.29) is 0 Å². The second-order valence-corrected chi connectivity index (χ2v) is 5.48. The van der Waals surface area contributed by atoms with Crippen molar-refractivity contribution in [2.75, 3.05) is 19.1 Å². The minimum absolute atomic E-state index is 0.422. The molecular weight excluding hydrogens is 280 g/mol. The summed E-state index contributed by atoms with van der Waals surface area (Å²) in [5.74, 6) is 0.861. The molecule has 0 bridgehead atoms. The lowest BCUT2D eigenvalue weighted by molar-refractivity contribution is 0.414. The van der Waals surface area contributed by atoms with Gasteiger partial charge < -0.3 is 15.4 Å². The van der Waals surface area contributed by atoms with Crippen LogP contribution in [0.4, 0.5) is 5.69 Å². The fraction of sp³-hybridized carbons (Fsp3) is 0.235. The molecular formula is C17H20N2OS. The predicted molar refractivity (Wildman–Crippen MR) is 92.2 cm³/mol. The number of nitrogens with zero attached hydrogens (tertiary/aromatic N) is 1. The molecule has 2 aromatic carbocycles. The quantitative estimate of drug-likeness (QED) is 0.860. The number of thiocarbonyl (C=S) groups is 1. The van der Waals surface area contributed by atoms with Crippen LogP contribution in [-0.2, 0) is 6.54 Å². The van der Waals surface area contributed by atoms with Gasteiger partial charge in [0.15, 0.2) is 0 Å². The van der Waals surface area contributed by atoms with E-state index in [0.717, 1.165) is 29.1 Å². The second kappa shape index (κ2) is 6.59. The van der Waals surface area contributed by atoms with Crippen molar-refractivity contribution in [2.24, 2.45) is 5.73 Å². The summed E-state index contributed by atoms with van der Waals surface area (Å²) in [4.78, 5) is 2.59. The lowest BCUT2D eigenvalue weighted by Crippen LogP contribution is -2.22. The summed E-state index contributed by atoms with van der Waals surface area (Å²) < 4.78 is 5.27. The normalized spacial score (nSPS) is 10.2. The minimum atomic E-state index is 0.422. The first kappa shape index (κ1) is 15.3. The highest BCUT2D eigenvalue weighted by Gasteiger charge is 2.12. The molecule has 0 aliphatic carbocycles. The lowest BCUT2D eigenvalue weighted by Gasteiger charge is -2.24. The summed E-state index contributed by atoms with van der Waals surface area (Å²) in [5.41, 5.74) is 10.2. The van der Waals surface area contributed by atoms with Gasteiger partial charge in [-0.25, -0.2) is 0 Å². The van der Waals surface area contributed by atoms with Crippen molar-refractivity contribution in [2.45, 2.75) is 13.5 Å². The summed E-state index contributed by atoms with van der Waals surface area (Å²) in [5, 5.41) is 0. The third kappa shape index (κ3) is 3.52. The van der Waals surface area contributed by atoms with Gasteiger partial charge in [0, 0.05) is 24.8 Å². The Morgan fingerprint density at radius 2 is 1.95 bits per heavy atom. The molecule has 0 fully saturated rings. The number of ether oxygens (including phenoxy) is 1. The third-order valence-corrected chi connectivity index (χ3v) is 3.66. The molecule has 0 saturated heterocycles. The van der Waals surface area contributed by atoms with Crippen molar-refractivity contribution in [1.29, 1.82) is 0 Å². The van der Waals surface area contributed by atoms with E-state index >= 15 is 0 Å². The number of rotatable bonds is 5. The van der Waals surface area contributed by atoms with Gasteiger partial charge in [-0.1, -0.05) is 36.5 Å². The Hall–Kier alpha value is -2.07. The summed E-state index contributed by atoms with van der Waals surface area (Å²) >= 11 is 5.16. The molecule has 0 aromatic heterocycles. The van der Waals surface area contributed by atoms with Crippen LogP contribution in [-0.4, -0.2) is 19.1 Å². The van der Waals surface area contributed by atoms with E-state index < -0.39 is 0 Å². The molecule has 0 unspecified atom stereocenters. The van der Waals surface area contributed by atoms with Gasteiger partial charge in [0.25, 0.3) is 0 Å². The summed E-state index contributed by atoms with van der Waals surface area (Å²) in [6.45, 7) is 2.83. The highest BCUT2D eigenvalue weighted by atomic mass is 32.1. The maximum Gasteiger partial charge on any atom is 0.119 e. The summed E-state index contributed by atoms with van der Waals surface area (Å²) in [7, 11) is 3.72. The summed E-state index contributed by atoms with van der Waals surface area (Å²) in [6, 6.07) is 14.1. The maximum absolute atomic E-state index is 5.85. The van der Waals surface area contributed by atoms with Gasteiger partial charge in [0.1, 0.15) is 10.7 Å². The molecule has 110 valence electrons. The van der Waals surface area contributed by atoms with Gasteiger partial charge in [-0.2, -0.15) is 0 Å². The molecule has 0 aliphatic heterocycles. The number of methoxy groups -OCH3 is 1. The van der Waals surface area contributed by atoms with Crippen LogP contribution in [0.25, 0.3) is 0 Å². The molecule has 2 N–H and O–H groups in total. The highest BCUT2D eigenvalue weighted by molar-refractivity contribution is 7.80. The average molecular weight is 300 g/mol. The summed E-state index contributed by atoms with van der Waals surface area (Å²) in [6.07, 6.45) is 0. The monoisotopic (exact) mass is 300 g/mol. The zero-order chi connectivity index (χ0) is 15.4. The van der Waals surface area contributed by atoms with Gasteiger partial charge in [-0.15, -0.1) is 0 Å². The SMILES string of the molecule is COc1cccc(CN(C)c2c(C)cccc2C(N)=S)c1. The Balaban J connectivity index is 2.32. The van der Waals surface area contributed by atoms with E-state index in [4.69, 9.17) is 22.7 Å². The Kier molecular flexibility index (Phi) is 4.81. The molecule has 0 atom stereocenters. The smallest absolute Gasteiger partial charge is 0.119 e. The Morgan fingerprint density at radius 1 is 1.24 bits per heavy atom. The zero-order valence-corrected chi connectivity index (χ0v) is 13.4. The Bertz CT molecular complexity index is 655. The molecule has 0 amide bonds. The Morgan fingerprint density at radius 3 is 2.62 bits per heavy atom. The molecule has 21 heavy (non-hydrogen) atoms. The maximum atomic E-state index is 5.85. The van der Waals surface area contributed by atoms with Crippen molar-refractivity contribution in [3.8, 4) is 5.75 Å². The zero-order valence-electron chi connectivity index (χ0n) is 12.6. The lowest BCUT2D eigenvalue weighted by atomic mass is 10.1. The van der Waals surface area contributed by atoms with E-state index in [2.05, 4.69) is 24.0 Å². The van der Waals surface area contributed by atoms with Gasteiger partial charge in [0.2, 0.25) is 0 Å². The fourth-order valence-electron chi connectivity index (χ4n) is 2.49. The number of aryl methyl sites for hydroxylation is 1. The number of nitrogens with two attached hydrogens (primary N) is 1. The molecule has 3 nitrogen and oxygen atoms in total. The third-order valence-electron chi connectivity index (χ3n) is 3.44. The van der Waals surface area contributed by atoms with Gasteiger partial charge in [-0.05, 0) is 36.2 Å². The van der Waals surface area contributed by atoms with E-state index in [9.17, 15) is 0 Å². The van der Waals surface area contributed by atoms with E-state index in [1.807, 2.05) is 37.4 Å². The minimum Gasteiger partial charge on any atom is -0.497 e. The van der Waals surface area contributed by atoms with Crippen LogP contribution >= 0.6 is 12.2 Å². The fourth-order valence-corrected chi connectivity index (χ4v) is 2.65. The van der Waals surface area contributed by atoms with Crippen molar-refractivity contribution < 1.29 is 4.74 Å². The van der Waals surface area contributed by atoms with Gasteiger partial charge in [0.05, 0.1) is 7.11 Å². The number of anilines is 1. The number of benzene rings is 2. The van der Waals surface area contributed by atoms with Crippen molar-refractivity contribution in [3.05, 3.63) is 59.2 Å². The highest BCUT2D eigenvalue weighted by Crippen LogP contribution is 2.26. The number of hydrogen-bond donors (Lipinski definition) is 1. The van der Waals surface area contributed by atoms with Crippen LogP contribution in [0.15, 0.2) is 42.5 Å². The molecule has 0 spiro atoms. The van der Waals surface area contributed by atoms with Crippen LogP contribution in [0.2, 0.25) is 0 Å². The standard InChI is InChI=1S/C17H20N2OS/c1-12-6-4-9-15(17(18)21)16(12)19(2)11-13-7-5-8-14(10-13)20-3/h4-10H,11H2,1-3H3,(H2,18,21). The Labute approximate surface area is 131 Å². The molecule has 0 heterocycles. The van der Waals surface area contributed by atoms with Crippen molar-refractivity contribution in [3.63, 3.8) is 0 Å². The van der Waals surface area contributed by atoms with Crippen LogP contribution in [0, 0.1) is 6.92 Å².